The van der Waals surface area contributed by atoms with Crippen LogP contribution in [0.4, 0.5) is 4.39 Å². The number of ether oxygens (including phenoxy) is 2. The summed E-state index contributed by atoms with van der Waals surface area (Å²) in [6.45, 7) is 5.94. The highest BCUT2D eigenvalue weighted by molar-refractivity contribution is 7.89. The lowest BCUT2D eigenvalue weighted by Gasteiger charge is -2.22. The maximum absolute atomic E-state index is 13.2. The fourth-order valence-corrected chi connectivity index (χ4v) is 3.89. The van der Waals surface area contributed by atoms with Gasteiger partial charge in [0.05, 0.1) is 18.4 Å². The van der Waals surface area contributed by atoms with E-state index in [2.05, 4.69) is 20.3 Å². The molecule has 1 heterocycles. The Hall–Kier alpha value is -1.91. The Balaban J connectivity index is 1.75. The van der Waals surface area contributed by atoms with Crippen molar-refractivity contribution in [1.82, 2.24) is 15.4 Å². The fourth-order valence-electron chi connectivity index (χ4n) is 2.94. The molecule has 0 saturated carbocycles. The van der Waals surface area contributed by atoms with Crippen molar-refractivity contribution in [2.75, 3.05) is 38.5 Å². The van der Waals surface area contributed by atoms with Gasteiger partial charge in [-0.3, -0.25) is 0 Å². The summed E-state index contributed by atoms with van der Waals surface area (Å²) >= 11 is 0. The van der Waals surface area contributed by atoms with Crippen molar-refractivity contribution in [3.63, 3.8) is 0 Å². The molecule has 0 aromatic heterocycles. The molecule has 3 N–H and O–H groups in total. The van der Waals surface area contributed by atoms with Gasteiger partial charge >= 0.3 is 0 Å². The Labute approximate surface area is 178 Å². The molecule has 2 atom stereocenters. The van der Waals surface area contributed by atoms with Crippen molar-refractivity contribution < 1.29 is 22.3 Å². The predicted molar refractivity (Wildman–Crippen MR) is 116 cm³/mol. The minimum Gasteiger partial charge on any atom is -0.489 e. The monoisotopic (exact) mass is 444 g/mol. The van der Waals surface area contributed by atoms with Crippen LogP contribution in [0.15, 0.2) is 29.3 Å². The lowest BCUT2D eigenvalue weighted by Crippen LogP contribution is -2.43. The van der Waals surface area contributed by atoms with Gasteiger partial charge in [-0.25, -0.2) is 22.5 Å². The van der Waals surface area contributed by atoms with E-state index < -0.39 is 10.0 Å². The maximum Gasteiger partial charge on any atom is 0.213 e. The van der Waals surface area contributed by atoms with Crippen LogP contribution in [-0.4, -0.2) is 65.1 Å². The number of hydrogen-bond acceptors (Lipinski definition) is 5. The Kier molecular flexibility index (Phi) is 10.3. The van der Waals surface area contributed by atoms with Gasteiger partial charge in [0, 0.05) is 32.3 Å². The molecule has 8 nitrogen and oxygen atoms in total. The fraction of sp³-hybridized carbons (Fsp3) is 0.650. The normalized spacial score (nSPS) is 18.6. The first-order chi connectivity index (χ1) is 14.4. The first-order valence-corrected chi connectivity index (χ1v) is 12.1. The van der Waals surface area contributed by atoms with Crippen molar-refractivity contribution in [1.29, 1.82) is 0 Å². The number of hydrogen-bond donors (Lipinski definition) is 3. The molecule has 30 heavy (non-hydrogen) atoms. The highest BCUT2D eigenvalue weighted by Crippen LogP contribution is 2.14. The molecule has 10 heteroatoms. The molecule has 1 saturated heterocycles. The second-order valence-corrected chi connectivity index (χ2v) is 9.11. The molecule has 1 aliphatic rings. The van der Waals surface area contributed by atoms with Crippen LogP contribution in [0, 0.1) is 5.82 Å². The molecule has 1 aliphatic heterocycles. The molecule has 170 valence electrons. The molecule has 2 unspecified atom stereocenters. The standard InChI is InChI=1S/C20H33FN4O4S/c1-3-22-20(24-14-16(2)29-18-9-6-7-17(21)13-18)23-10-12-30(26,27)25-15-19-8-4-5-11-28-19/h6-7,9,13,16,19,25H,3-5,8,10-12,14-15H2,1-2H3,(H2,22,23,24). The summed E-state index contributed by atoms with van der Waals surface area (Å²) in [6.07, 6.45) is 2.67. The second-order valence-electron chi connectivity index (χ2n) is 7.19. The van der Waals surface area contributed by atoms with Crippen molar-refractivity contribution in [2.24, 2.45) is 4.99 Å². The quantitative estimate of drug-likeness (QED) is 0.354. The number of halogens is 1. The highest BCUT2D eigenvalue weighted by atomic mass is 32.2. The summed E-state index contributed by atoms with van der Waals surface area (Å²) in [6, 6.07) is 5.94. The largest absolute Gasteiger partial charge is 0.489 e. The zero-order valence-electron chi connectivity index (χ0n) is 17.7. The van der Waals surface area contributed by atoms with Crippen molar-refractivity contribution in [3.05, 3.63) is 30.1 Å². The Morgan fingerprint density at radius 2 is 2.20 bits per heavy atom. The number of nitrogens with one attached hydrogen (secondary N) is 3. The van der Waals surface area contributed by atoms with Crippen LogP contribution in [0.25, 0.3) is 0 Å². The van der Waals surface area contributed by atoms with E-state index in [0.29, 0.717) is 38.0 Å². The second kappa shape index (κ2) is 12.7. The molecular formula is C20H33FN4O4S. The minimum atomic E-state index is -3.40. The van der Waals surface area contributed by atoms with Gasteiger partial charge in [-0.05, 0) is 45.2 Å². The average molecular weight is 445 g/mol. The summed E-state index contributed by atoms with van der Waals surface area (Å²) in [4.78, 5) is 4.41. The topological polar surface area (TPSA) is 101 Å². The van der Waals surface area contributed by atoms with E-state index in [-0.39, 0.29) is 30.3 Å². The smallest absolute Gasteiger partial charge is 0.213 e. The predicted octanol–water partition coefficient (Wildman–Crippen LogP) is 1.64. The van der Waals surface area contributed by atoms with Crippen LogP contribution >= 0.6 is 0 Å². The Morgan fingerprint density at radius 3 is 2.90 bits per heavy atom. The zero-order chi connectivity index (χ0) is 21.8. The van der Waals surface area contributed by atoms with Crippen LogP contribution in [-0.2, 0) is 14.8 Å². The van der Waals surface area contributed by atoms with Crippen molar-refractivity contribution in [2.45, 2.75) is 45.3 Å². The lowest BCUT2D eigenvalue weighted by molar-refractivity contribution is 0.0200. The average Bonchev–Trinajstić information content (AvgIpc) is 2.71. The third kappa shape index (κ3) is 9.73. The van der Waals surface area contributed by atoms with Gasteiger partial charge in [0.15, 0.2) is 5.96 Å². The van der Waals surface area contributed by atoms with Gasteiger partial charge in [0.2, 0.25) is 10.0 Å². The molecule has 0 amide bonds. The van der Waals surface area contributed by atoms with Gasteiger partial charge in [0.25, 0.3) is 0 Å². The minimum absolute atomic E-state index is 0.0417. The zero-order valence-corrected chi connectivity index (χ0v) is 18.5. The summed E-state index contributed by atoms with van der Waals surface area (Å²) in [7, 11) is -3.40. The van der Waals surface area contributed by atoms with Crippen LogP contribution < -0.4 is 20.1 Å². The van der Waals surface area contributed by atoms with Gasteiger partial charge < -0.3 is 20.1 Å². The van der Waals surface area contributed by atoms with E-state index in [1.165, 1.54) is 12.1 Å². The molecular weight excluding hydrogens is 411 g/mol. The van der Waals surface area contributed by atoms with Gasteiger partial charge in [-0.15, -0.1) is 0 Å². The first kappa shape index (κ1) is 24.4. The highest BCUT2D eigenvalue weighted by Gasteiger charge is 2.17. The molecule has 1 fully saturated rings. The van der Waals surface area contributed by atoms with E-state index >= 15 is 0 Å². The third-order valence-electron chi connectivity index (χ3n) is 4.45. The summed E-state index contributed by atoms with van der Waals surface area (Å²) < 4.78 is 51.4. The molecule has 0 spiro atoms. The van der Waals surface area contributed by atoms with Crippen LogP contribution in [0.5, 0.6) is 5.75 Å². The van der Waals surface area contributed by atoms with Crippen molar-refractivity contribution in [3.8, 4) is 5.75 Å². The number of sulfonamides is 1. The van der Waals surface area contributed by atoms with Gasteiger partial charge in [-0.1, -0.05) is 6.07 Å². The number of aliphatic imine (C=N–C) groups is 1. The maximum atomic E-state index is 13.2. The number of guanidine groups is 1. The van der Waals surface area contributed by atoms with Gasteiger partial charge in [-0.2, -0.15) is 0 Å². The van der Waals surface area contributed by atoms with Crippen LogP contribution in [0.3, 0.4) is 0 Å². The molecule has 0 radical (unpaired) electrons. The number of benzene rings is 1. The SMILES string of the molecule is CCNC(=NCC(C)Oc1cccc(F)c1)NCCS(=O)(=O)NCC1CCCCO1. The molecule has 1 aromatic rings. The van der Waals surface area contributed by atoms with E-state index in [0.717, 1.165) is 19.3 Å². The molecule has 2 rings (SSSR count). The van der Waals surface area contributed by atoms with Gasteiger partial charge in [0.1, 0.15) is 17.7 Å². The molecule has 0 aliphatic carbocycles. The van der Waals surface area contributed by atoms with Crippen LogP contribution in [0.2, 0.25) is 0 Å². The lowest BCUT2D eigenvalue weighted by atomic mass is 10.1. The van der Waals surface area contributed by atoms with E-state index in [1.807, 2.05) is 13.8 Å². The van der Waals surface area contributed by atoms with E-state index in [4.69, 9.17) is 9.47 Å². The summed E-state index contributed by atoms with van der Waals surface area (Å²) in [5.74, 6) is 0.510. The first-order valence-electron chi connectivity index (χ1n) is 10.4. The van der Waals surface area contributed by atoms with Crippen molar-refractivity contribution >= 4 is 16.0 Å². The van der Waals surface area contributed by atoms with Crippen LogP contribution in [0.1, 0.15) is 33.1 Å². The van der Waals surface area contributed by atoms with E-state index in [9.17, 15) is 12.8 Å². The Morgan fingerprint density at radius 1 is 1.37 bits per heavy atom. The number of nitrogens with zero attached hydrogens (tertiary/aromatic N) is 1. The molecule has 0 bridgehead atoms. The summed E-state index contributed by atoms with van der Waals surface area (Å²) in [5.41, 5.74) is 0. The third-order valence-corrected chi connectivity index (χ3v) is 5.80. The van der Waals surface area contributed by atoms with E-state index in [1.54, 1.807) is 12.1 Å². The summed E-state index contributed by atoms with van der Waals surface area (Å²) in [5, 5.41) is 6.09. The molecule has 1 aromatic carbocycles. The number of rotatable bonds is 11. The Bertz CT molecular complexity index is 770.